The van der Waals surface area contributed by atoms with Crippen molar-refractivity contribution in [3.63, 3.8) is 0 Å². The molecule has 0 radical (unpaired) electrons. The van der Waals surface area contributed by atoms with E-state index in [9.17, 15) is 9.59 Å². The van der Waals surface area contributed by atoms with Gasteiger partial charge in [-0.15, -0.1) is 10.2 Å². The minimum Gasteiger partial charge on any atom is -0.465 e. The smallest absolute Gasteiger partial charge is 0.338 e. The summed E-state index contributed by atoms with van der Waals surface area (Å²) in [5.41, 5.74) is 3.72. The number of ether oxygens (including phenoxy) is 1. The predicted octanol–water partition coefficient (Wildman–Crippen LogP) is 3.20. The number of piperazine rings is 1. The van der Waals surface area contributed by atoms with Gasteiger partial charge in [0.25, 0.3) is 5.91 Å². The van der Waals surface area contributed by atoms with Crippen LogP contribution in [0.1, 0.15) is 26.3 Å². The Morgan fingerprint density at radius 3 is 2.16 bits per heavy atom. The summed E-state index contributed by atoms with van der Waals surface area (Å²) < 4.78 is 4.81. The van der Waals surface area contributed by atoms with Crippen molar-refractivity contribution in [2.45, 2.75) is 6.92 Å². The highest BCUT2D eigenvalue weighted by Gasteiger charge is 2.26. The van der Waals surface area contributed by atoms with E-state index in [1.807, 2.05) is 30.3 Å². The standard InChI is InChI=1S/C24H24N4O3/c1-17-7-3-4-8-18(17)21-11-12-22(26-25-21)27-13-15-28(16-14-27)23(29)19-9-5-6-10-20(19)24(30)31-2/h3-12H,13-16H2,1-2H3. The number of carbonyl (C=O) groups is 2. The molecule has 2 heterocycles. The van der Waals surface area contributed by atoms with Gasteiger partial charge in [0, 0.05) is 31.7 Å². The van der Waals surface area contributed by atoms with Gasteiger partial charge in [-0.1, -0.05) is 36.4 Å². The largest absolute Gasteiger partial charge is 0.465 e. The lowest BCUT2D eigenvalue weighted by Gasteiger charge is -2.35. The van der Waals surface area contributed by atoms with E-state index in [4.69, 9.17) is 4.74 Å². The molecule has 2 aromatic carbocycles. The third-order valence-corrected chi connectivity index (χ3v) is 5.53. The molecule has 1 amide bonds. The number of aromatic nitrogens is 2. The van der Waals surface area contributed by atoms with Gasteiger partial charge in [0.05, 0.1) is 23.9 Å². The molecule has 0 N–H and O–H groups in total. The Morgan fingerprint density at radius 2 is 1.52 bits per heavy atom. The number of rotatable bonds is 4. The Kier molecular flexibility index (Phi) is 5.93. The van der Waals surface area contributed by atoms with E-state index in [0.29, 0.717) is 31.7 Å². The normalized spacial score (nSPS) is 13.7. The number of aryl methyl sites for hydroxylation is 1. The number of nitrogens with zero attached hydrogens (tertiary/aromatic N) is 4. The van der Waals surface area contributed by atoms with Crippen molar-refractivity contribution in [2.75, 3.05) is 38.2 Å². The molecule has 7 nitrogen and oxygen atoms in total. The molecule has 1 saturated heterocycles. The third-order valence-electron chi connectivity index (χ3n) is 5.53. The van der Waals surface area contributed by atoms with Crippen LogP contribution in [0.25, 0.3) is 11.3 Å². The number of hydrogen-bond donors (Lipinski definition) is 0. The fraction of sp³-hybridized carbons (Fsp3) is 0.250. The lowest BCUT2D eigenvalue weighted by Crippen LogP contribution is -2.49. The van der Waals surface area contributed by atoms with Gasteiger partial charge in [-0.2, -0.15) is 0 Å². The molecule has 4 rings (SSSR count). The molecule has 0 saturated carbocycles. The summed E-state index contributed by atoms with van der Waals surface area (Å²) >= 11 is 0. The third kappa shape index (κ3) is 4.26. The zero-order valence-electron chi connectivity index (χ0n) is 17.6. The van der Waals surface area contributed by atoms with Crippen LogP contribution in [0.2, 0.25) is 0 Å². The van der Waals surface area contributed by atoms with E-state index in [2.05, 4.69) is 28.1 Å². The van der Waals surface area contributed by atoms with Gasteiger partial charge in [0.2, 0.25) is 0 Å². The van der Waals surface area contributed by atoms with E-state index in [-0.39, 0.29) is 11.5 Å². The summed E-state index contributed by atoms with van der Waals surface area (Å²) in [7, 11) is 1.31. The number of amides is 1. The molecule has 1 aliphatic rings. The van der Waals surface area contributed by atoms with E-state index < -0.39 is 5.97 Å². The molecule has 0 atom stereocenters. The Hall–Kier alpha value is -3.74. The van der Waals surface area contributed by atoms with E-state index >= 15 is 0 Å². The van der Waals surface area contributed by atoms with Crippen LogP contribution >= 0.6 is 0 Å². The number of anilines is 1. The zero-order valence-corrected chi connectivity index (χ0v) is 17.6. The molecule has 31 heavy (non-hydrogen) atoms. The molecule has 158 valence electrons. The maximum absolute atomic E-state index is 13.0. The van der Waals surface area contributed by atoms with Crippen LogP contribution in [0.5, 0.6) is 0 Å². The van der Waals surface area contributed by atoms with Gasteiger partial charge in [0.15, 0.2) is 5.82 Å². The molecular weight excluding hydrogens is 392 g/mol. The average molecular weight is 416 g/mol. The molecule has 0 aliphatic carbocycles. The summed E-state index contributed by atoms with van der Waals surface area (Å²) in [5, 5.41) is 8.81. The highest BCUT2D eigenvalue weighted by molar-refractivity contribution is 6.05. The minimum absolute atomic E-state index is 0.165. The first-order valence-corrected chi connectivity index (χ1v) is 10.2. The fourth-order valence-corrected chi connectivity index (χ4v) is 3.76. The van der Waals surface area contributed by atoms with Gasteiger partial charge < -0.3 is 14.5 Å². The monoisotopic (exact) mass is 416 g/mol. The van der Waals surface area contributed by atoms with Crippen LogP contribution in [-0.4, -0.2) is 60.3 Å². The first kappa shape index (κ1) is 20.5. The van der Waals surface area contributed by atoms with Crippen molar-refractivity contribution in [3.05, 3.63) is 77.4 Å². The molecular formula is C24H24N4O3. The minimum atomic E-state index is -0.508. The van der Waals surface area contributed by atoms with Gasteiger partial charge in [0.1, 0.15) is 0 Å². The summed E-state index contributed by atoms with van der Waals surface area (Å²) in [6.45, 7) is 4.42. The van der Waals surface area contributed by atoms with Crippen molar-refractivity contribution in [1.29, 1.82) is 0 Å². The first-order valence-electron chi connectivity index (χ1n) is 10.2. The highest BCUT2D eigenvalue weighted by Crippen LogP contribution is 2.23. The SMILES string of the molecule is COC(=O)c1ccccc1C(=O)N1CCN(c2ccc(-c3ccccc3C)nn2)CC1. The second kappa shape index (κ2) is 8.95. The van der Waals surface area contributed by atoms with Crippen LogP contribution in [-0.2, 0) is 4.74 Å². The lowest BCUT2D eigenvalue weighted by molar-refractivity contribution is 0.0589. The molecule has 3 aromatic rings. The Balaban J connectivity index is 1.43. The van der Waals surface area contributed by atoms with Crippen LogP contribution in [0.15, 0.2) is 60.7 Å². The first-order chi connectivity index (χ1) is 15.1. The fourth-order valence-electron chi connectivity index (χ4n) is 3.76. The second-order valence-electron chi connectivity index (χ2n) is 7.41. The molecule has 7 heteroatoms. The van der Waals surface area contributed by atoms with Crippen LogP contribution in [0.3, 0.4) is 0 Å². The Labute approximate surface area is 181 Å². The maximum atomic E-state index is 13.0. The van der Waals surface area contributed by atoms with E-state index in [0.717, 1.165) is 22.6 Å². The van der Waals surface area contributed by atoms with Crippen LogP contribution in [0.4, 0.5) is 5.82 Å². The van der Waals surface area contributed by atoms with E-state index in [1.165, 1.54) is 7.11 Å². The number of methoxy groups -OCH3 is 1. The van der Waals surface area contributed by atoms with Gasteiger partial charge >= 0.3 is 5.97 Å². The van der Waals surface area contributed by atoms with Crippen LogP contribution in [0, 0.1) is 6.92 Å². The highest BCUT2D eigenvalue weighted by atomic mass is 16.5. The van der Waals surface area contributed by atoms with Crippen molar-refractivity contribution < 1.29 is 14.3 Å². The second-order valence-corrected chi connectivity index (χ2v) is 7.41. The topological polar surface area (TPSA) is 75.6 Å². The molecule has 0 bridgehead atoms. The molecule has 1 aromatic heterocycles. The predicted molar refractivity (Wildman–Crippen MR) is 118 cm³/mol. The average Bonchev–Trinajstić information content (AvgIpc) is 2.83. The number of hydrogen-bond acceptors (Lipinski definition) is 6. The van der Waals surface area contributed by atoms with Crippen molar-refractivity contribution >= 4 is 17.7 Å². The lowest BCUT2D eigenvalue weighted by atomic mass is 10.1. The summed E-state index contributed by atoms with van der Waals surface area (Å²) in [6, 6.07) is 18.8. The molecule has 1 aliphatic heterocycles. The summed E-state index contributed by atoms with van der Waals surface area (Å²) in [6.07, 6.45) is 0. The van der Waals surface area contributed by atoms with Gasteiger partial charge in [-0.05, 0) is 36.8 Å². The zero-order chi connectivity index (χ0) is 21.8. The van der Waals surface area contributed by atoms with Gasteiger partial charge in [-0.3, -0.25) is 4.79 Å². The maximum Gasteiger partial charge on any atom is 0.338 e. The van der Waals surface area contributed by atoms with Crippen molar-refractivity contribution in [1.82, 2.24) is 15.1 Å². The van der Waals surface area contributed by atoms with Crippen LogP contribution < -0.4 is 4.90 Å². The molecule has 0 spiro atoms. The number of esters is 1. The van der Waals surface area contributed by atoms with Gasteiger partial charge in [-0.25, -0.2) is 4.79 Å². The quantitative estimate of drug-likeness (QED) is 0.608. The molecule has 0 unspecified atom stereocenters. The number of benzene rings is 2. The van der Waals surface area contributed by atoms with E-state index in [1.54, 1.807) is 29.2 Å². The van der Waals surface area contributed by atoms with Crippen molar-refractivity contribution in [2.24, 2.45) is 0 Å². The summed E-state index contributed by atoms with van der Waals surface area (Å²) in [4.78, 5) is 28.9. The molecule has 1 fully saturated rings. The summed E-state index contributed by atoms with van der Waals surface area (Å²) in [5.74, 6) is 0.118. The Bertz CT molecular complexity index is 1090. The Morgan fingerprint density at radius 1 is 0.839 bits per heavy atom. The van der Waals surface area contributed by atoms with Crippen molar-refractivity contribution in [3.8, 4) is 11.3 Å². The number of carbonyl (C=O) groups excluding carboxylic acids is 2.